The van der Waals surface area contributed by atoms with Crippen molar-refractivity contribution in [3.05, 3.63) is 51.7 Å². The number of carbonyl (C=O) groups is 1. The van der Waals surface area contributed by atoms with E-state index in [4.69, 9.17) is 5.73 Å². The molecule has 4 nitrogen and oxygen atoms in total. The minimum absolute atomic E-state index is 0.0450. The second-order valence-corrected chi connectivity index (χ2v) is 7.35. The first-order valence-electron chi connectivity index (χ1n) is 8.27. The van der Waals surface area contributed by atoms with E-state index in [9.17, 15) is 9.18 Å². The first-order chi connectivity index (χ1) is 11.5. The van der Waals surface area contributed by atoms with E-state index in [1.54, 1.807) is 23.6 Å². The zero-order valence-corrected chi connectivity index (χ0v) is 14.6. The maximum atomic E-state index is 13.7. The molecule has 1 amide bonds. The lowest BCUT2D eigenvalue weighted by molar-refractivity contribution is 0.0655. The number of rotatable bonds is 4. The van der Waals surface area contributed by atoms with Crippen LogP contribution in [0.25, 0.3) is 0 Å². The van der Waals surface area contributed by atoms with Crippen LogP contribution in [0.4, 0.5) is 4.39 Å². The Morgan fingerprint density at radius 1 is 1.50 bits per heavy atom. The Kier molecular flexibility index (Phi) is 5.26. The molecule has 2 atom stereocenters. The molecule has 0 unspecified atom stereocenters. The highest BCUT2D eigenvalue weighted by molar-refractivity contribution is 7.09. The molecule has 2 heterocycles. The highest BCUT2D eigenvalue weighted by Gasteiger charge is 2.27. The fourth-order valence-electron chi connectivity index (χ4n) is 3.08. The van der Waals surface area contributed by atoms with Gasteiger partial charge in [-0.2, -0.15) is 0 Å². The van der Waals surface area contributed by atoms with Crippen LogP contribution in [0.1, 0.15) is 40.8 Å². The molecule has 0 aliphatic carbocycles. The van der Waals surface area contributed by atoms with Crippen molar-refractivity contribution in [2.45, 2.75) is 32.2 Å². The molecule has 0 saturated carbocycles. The Balaban J connectivity index is 1.68. The van der Waals surface area contributed by atoms with Crippen LogP contribution in [0.5, 0.6) is 0 Å². The van der Waals surface area contributed by atoms with E-state index in [0.29, 0.717) is 30.1 Å². The van der Waals surface area contributed by atoms with Gasteiger partial charge < -0.3 is 10.6 Å². The monoisotopic (exact) mass is 347 g/mol. The molecule has 1 aliphatic heterocycles. The van der Waals surface area contributed by atoms with Gasteiger partial charge in [0.25, 0.3) is 5.91 Å². The smallest absolute Gasteiger partial charge is 0.273 e. The van der Waals surface area contributed by atoms with Crippen molar-refractivity contribution >= 4 is 17.2 Å². The molecule has 1 aromatic carbocycles. The lowest BCUT2D eigenvalue weighted by atomic mass is 9.92. The third kappa shape index (κ3) is 3.82. The summed E-state index contributed by atoms with van der Waals surface area (Å²) in [6.45, 7) is 3.44. The van der Waals surface area contributed by atoms with E-state index in [0.717, 1.165) is 24.4 Å². The molecule has 128 valence electrons. The zero-order valence-electron chi connectivity index (χ0n) is 13.7. The van der Waals surface area contributed by atoms with Gasteiger partial charge in [-0.05, 0) is 37.3 Å². The van der Waals surface area contributed by atoms with Crippen LogP contribution < -0.4 is 5.73 Å². The predicted molar refractivity (Wildman–Crippen MR) is 93.6 cm³/mol. The minimum Gasteiger partial charge on any atom is -0.337 e. The van der Waals surface area contributed by atoms with Gasteiger partial charge >= 0.3 is 0 Å². The molecule has 1 aromatic heterocycles. The van der Waals surface area contributed by atoms with E-state index in [1.165, 1.54) is 17.4 Å². The number of benzene rings is 1. The maximum Gasteiger partial charge on any atom is 0.273 e. The highest BCUT2D eigenvalue weighted by atomic mass is 32.1. The molecular weight excluding hydrogens is 325 g/mol. The van der Waals surface area contributed by atoms with Crippen molar-refractivity contribution in [2.24, 2.45) is 11.7 Å². The number of likely N-dealkylation sites (tertiary alicyclic amines) is 1. The number of nitrogens with zero attached hydrogens (tertiary/aromatic N) is 2. The van der Waals surface area contributed by atoms with Crippen molar-refractivity contribution in [1.82, 2.24) is 9.88 Å². The number of aromatic nitrogens is 1. The summed E-state index contributed by atoms with van der Waals surface area (Å²) in [6.07, 6.45) is 2.45. The standard InChI is InChI=1S/C18H22FN3OS/c1-12(20)14-6-4-8-22(10-14)18(23)16-11-24-17(21-16)9-13-5-2-3-7-15(13)19/h2-3,5,7,11-12,14H,4,6,8-10,20H2,1H3/t12-,14-/m0/s1. The van der Waals surface area contributed by atoms with Crippen LogP contribution in [0, 0.1) is 11.7 Å². The quantitative estimate of drug-likeness (QED) is 0.925. The summed E-state index contributed by atoms with van der Waals surface area (Å²) in [5.74, 6) is 0.0620. The van der Waals surface area contributed by atoms with Crippen molar-refractivity contribution in [3.8, 4) is 0 Å². The lowest BCUT2D eigenvalue weighted by Gasteiger charge is -2.34. The number of carbonyl (C=O) groups excluding carboxylic acids is 1. The van der Waals surface area contributed by atoms with Crippen LogP contribution in [-0.4, -0.2) is 34.9 Å². The van der Waals surface area contributed by atoms with E-state index in [-0.39, 0.29) is 17.8 Å². The summed E-state index contributed by atoms with van der Waals surface area (Å²) < 4.78 is 13.7. The zero-order chi connectivity index (χ0) is 17.1. The Bertz CT molecular complexity index is 716. The number of hydrogen-bond acceptors (Lipinski definition) is 4. The Morgan fingerprint density at radius 2 is 2.29 bits per heavy atom. The predicted octanol–water partition coefficient (Wildman–Crippen LogP) is 3.07. The van der Waals surface area contributed by atoms with Crippen LogP contribution in [0.15, 0.2) is 29.6 Å². The van der Waals surface area contributed by atoms with Gasteiger partial charge in [-0.15, -0.1) is 11.3 Å². The van der Waals surface area contributed by atoms with Crippen molar-refractivity contribution in [2.75, 3.05) is 13.1 Å². The molecule has 2 N–H and O–H groups in total. The largest absolute Gasteiger partial charge is 0.337 e. The number of hydrogen-bond donors (Lipinski definition) is 1. The Hall–Kier alpha value is -1.79. The molecule has 1 aliphatic rings. The van der Waals surface area contributed by atoms with Gasteiger partial charge in [0.1, 0.15) is 11.5 Å². The summed E-state index contributed by atoms with van der Waals surface area (Å²) in [7, 11) is 0. The second-order valence-electron chi connectivity index (χ2n) is 6.41. The number of nitrogens with two attached hydrogens (primary N) is 1. The number of amides is 1. The summed E-state index contributed by atoms with van der Waals surface area (Å²) in [5, 5.41) is 2.53. The minimum atomic E-state index is -0.239. The van der Waals surface area contributed by atoms with E-state index >= 15 is 0 Å². The fraction of sp³-hybridized carbons (Fsp3) is 0.444. The van der Waals surface area contributed by atoms with E-state index < -0.39 is 0 Å². The first kappa shape index (κ1) is 17.0. The summed E-state index contributed by atoms with van der Waals surface area (Å²) in [5.41, 5.74) is 7.04. The van der Waals surface area contributed by atoms with Gasteiger partial charge in [0, 0.05) is 30.9 Å². The van der Waals surface area contributed by atoms with Gasteiger partial charge in [-0.1, -0.05) is 18.2 Å². The Morgan fingerprint density at radius 3 is 3.04 bits per heavy atom. The molecule has 0 bridgehead atoms. The van der Waals surface area contributed by atoms with Crippen molar-refractivity contribution in [3.63, 3.8) is 0 Å². The van der Waals surface area contributed by atoms with Crippen molar-refractivity contribution < 1.29 is 9.18 Å². The van der Waals surface area contributed by atoms with Gasteiger partial charge in [-0.3, -0.25) is 4.79 Å². The Labute approximate surface area is 145 Å². The number of piperidine rings is 1. The van der Waals surface area contributed by atoms with E-state index in [1.807, 2.05) is 11.8 Å². The number of thiazole rings is 1. The second kappa shape index (κ2) is 7.40. The van der Waals surface area contributed by atoms with Crippen LogP contribution in [0.2, 0.25) is 0 Å². The maximum absolute atomic E-state index is 13.7. The summed E-state index contributed by atoms with van der Waals surface area (Å²) in [4.78, 5) is 18.9. The van der Waals surface area contributed by atoms with Gasteiger partial charge in [0.15, 0.2) is 0 Å². The van der Waals surface area contributed by atoms with Crippen LogP contribution in [-0.2, 0) is 6.42 Å². The summed E-state index contributed by atoms with van der Waals surface area (Å²) in [6, 6.07) is 6.75. The van der Waals surface area contributed by atoms with Gasteiger partial charge in [0.2, 0.25) is 0 Å². The number of halogens is 1. The molecule has 1 fully saturated rings. The fourth-order valence-corrected chi connectivity index (χ4v) is 3.87. The highest BCUT2D eigenvalue weighted by Crippen LogP contribution is 2.22. The average molecular weight is 347 g/mol. The normalized spacial score (nSPS) is 19.3. The van der Waals surface area contributed by atoms with Crippen LogP contribution >= 0.6 is 11.3 Å². The van der Waals surface area contributed by atoms with E-state index in [2.05, 4.69) is 4.98 Å². The third-order valence-corrected chi connectivity index (χ3v) is 5.41. The first-order valence-corrected chi connectivity index (χ1v) is 9.15. The molecule has 0 spiro atoms. The molecule has 2 aromatic rings. The SMILES string of the molecule is C[C@H](N)[C@H]1CCCN(C(=O)c2csc(Cc3ccccc3F)n2)C1. The molecule has 1 saturated heterocycles. The lowest BCUT2D eigenvalue weighted by Crippen LogP contribution is -2.45. The van der Waals surface area contributed by atoms with Crippen LogP contribution in [0.3, 0.4) is 0 Å². The molecule has 6 heteroatoms. The third-order valence-electron chi connectivity index (χ3n) is 4.56. The van der Waals surface area contributed by atoms with Gasteiger partial charge in [-0.25, -0.2) is 9.37 Å². The molecular formula is C18H22FN3OS. The molecule has 3 rings (SSSR count). The van der Waals surface area contributed by atoms with Crippen molar-refractivity contribution in [1.29, 1.82) is 0 Å². The van der Waals surface area contributed by atoms with Gasteiger partial charge in [0.05, 0.1) is 5.01 Å². The average Bonchev–Trinajstić information content (AvgIpc) is 3.05. The molecule has 0 radical (unpaired) electrons. The molecule has 24 heavy (non-hydrogen) atoms. The summed E-state index contributed by atoms with van der Waals surface area (Å²) >= 11 is 1.40. The topological polar surface area (TPSA) is 59.2 Å².